The number of amidine groups is 1. The van der Waals surface area contributed by atoms with Gasteiger partial charge in [0.1, 0.15) is 17.2 Å². The van der Waals surface area contributed by atoms with E-state index in [0.717, 1.165) is 29.9 Å². The molecule has 2 aliphatic heterocycles. The number of fused-ring (bicyclic) bond motifs is 1. The van der Waals surface area contributed by atoms with Gasteiger partial charge in [0, 0.05) is 30.0 Å². The van der Waals surface area contributed by atoms with Crippen LogP contribution in [0.5, 0.6) is 0 Å². The van der Waals surface area contributed by atoms with E-state index in [1.807, 2.05) is 11.0 Å². The molecular formula is C23H21ClF3N7OS. The van der Waals surface area contributed by atoms with Crippen LogP contribution in [-0.4, -0.2) is 44.9 Å². The lowest BCUT2D eigenvalue weighted by atomic mass is 9.81. The Morgan fingerprint density at radius 3 is 2.64 bits per heavy atom. The molecule has 188 valence electrons. The number of nitrogens with one attached hydrogen (secondary N) is 1. The Balaban J connectivity index is 0.00000304. The second-order valence-corrected chi connectivity index (χ2v) is 9.39. The molecule has 2 atom stereocenters. The van der Waals surface area contributed by atoms with Crippen LogP contribution in [0, 0.1) is 23.4 Å². The van der Waals surface area contributed by atoms with Crippen LogP contribution in [0.3, 0.4) is 0 Å². The lowest BCUT2D eigenvalue weighted by molar-refractivity contribution is -0.115. The van der Waals surface area contributed by atoms with Crippen molar-refractivity contribution in [2.75, 3.05) is 29.1 Å². The highest BCUT2D eigenvalue weighted by molar-refractivity contribution is 8.13. The summed E-state index contributed by atoms with van der Waals surface area (Å²) in [7, 11) is 0. The van der Waals surface area contributed by atoms with Gasteiger partial charge in [-0.05, 0) is 17.7 Å². The summed E-state index contributed by atoms with van der Waals surface area (Å²) >= 11 is 1.47. The molecule has 1 amide bonds. The summed E-state index contributed by atoms with van der Waals surface area (Å²) < 4.78 is 40.3. The molecule has 1 aromatic carbocycles. The maximum atomic E-state index is 13.9. The smallest absolute Gasteiger partial charge is 0.230 e. The van der Waals surface area contributed by atoms with Gasteiger partial charge in [-0.3, -0.25) is 9.78 Å². The molecule has 0 saturated carbocycles. The molecule has 0 unspecified atom stereocenters. The Bertz CT molecular complexity index is 1310. The molecule has 0 radical (unpaired) electrons. The third kappa shape index (κ3) is 5.09. The molecule has 1 saturated heterocycles. The van der Waals surface area contributed by atoms with E-state index in [1.54, 1.807) is 18.2 Å². The number of carbonyl (C=O) groups is 1. The van der Waals surface area contributed by atoms with Gasteiger partial charge in [-0.15, -0.1) is 12.4 Å². The first-order chi connectivity index (χ1) is 16.8. The van der Waals surface area contributed by atoms with Crippen molar-refractivity contribution in [1.82, 2.24) is 15.0 Å². The topological polar surface area (TPSA) is 109 Å². The van der Waals surface area contributed by atoms with Crippen molar-refractivity contribution in [3.8, 4) is 0 Å². The summed E-state index contributed by atoms with van der Waals surface area (Å²) in [6.45, 7) is 1.02. The summed E-state index contributed by atoms with van der Waals surface area (Å²) in [5, 5.41) is 3.20. The number of hydrogen-bond acceptors (Lipinski definition) is 8. The molecule has 8 nitrogen and oxygen atoms in total. The lowest BCUT2D eigenvalue weighted by Crippen LogP contribution is -2.40. The first-order valence-corrected chi connectivity index (χ1v) is 11.7. The van der Waals surface area contributed by atoms with E-state index < -0.39 is 28.9 Å². The van der Waals surface area contributed by atoms with Crippen molar-refractivity contribution in [2.24, 2.45) is 16.6 Å². The van der Waals surface area contributed by atoms with Crippen LogP contribution in [-0.2, 0) is 16.8 Å². The van der Waals surface area contributed by atoms with Crippen LogP contribution in [0.2, 0.25) is 0 Å². The number of aromatic nitrogens is 3. The SMILES string of the molecule is Cl.NC1=N[C@@]2(c3cccc(NC(=O)Cc4ncc(F)cc4F)c3)CN(c3ncc(F)cn3)C[C@H]2CS1. The van der Waals surface area contributed by atoms with Crippen LogP contribution in [0.4, 0.5) is 24.8 Å². The number of carbonyl (C=O) groups excluding carboxylic acids is 1. The predicted octanol–water partition coefficient (Wildman–Crippen LogP) is 3.29. The van der Waals surface area contributed by atoms with Gasteiger partial charge in [0.05, 0.1) is 37.3 Å². The van der Waals surface area contributed by atoms with Crippen molar-refractivity contribution < 1.29 is 18.0 Å². The summed E-state index contributed by atoms with van der Waals surface area (Å²) in [5.41, 5.74) is 6.59. The first kappa shape index (κ1) is 25.7. The number of benzene rings is 1. The zero-order chi connectivity index (χ0) is 24.6. The fourth-order valence-electron chi connectivity index (χ4n) is 4.44. The number of nitrogens with zero attached hydrogens (tertiary/aromatic N) is 5. The number of amides is 1. The fraction of sp³-hybridized carbons (Fsp3) is 0.261. The molecule has 0 bridgehead atoms. The van der Waals surface area contributed by atoms with E-state index in [1.165, 1.54) is 11.8 Å². The van der Waals surface area contributed by atoms with Crippen molar-refractivity contribution in [3.63, 3.8) is 0 Å². The number of halogens is 4. The summed E-state index contributed by atoms with van der Waals surface area (Å²) in [5.74, 6) is -1.51. The Kier molecular flexibility index (Phi) is 7.36. The van der Waals surface area contributed by atoms with Crippen LogP contribution in [0.15, 0.2) is 53.9 Å². The van der Waals surface area contributed by atoms with Crippen molar-refractivity contribution in [3.05, 3.63) is 77.6 Å². The van der Waals surface area contributed by atoms with Crippen molar-refractivity contribution in [2.45, 2.75) is 12.0 Å². The highest BCUT2D eigenvalue weighted by Gasteiger charge is 2.50. The van der Waals surface area contributed by atoms with Gasteiger partial charge in [0.15, 0.2) is 11.0 Å². The second kappa shape index (κ2) is 10.3. The highest BCUT2D eigenvalue weighted by atomic mass is 35.5. The number of anilines is 2. The van der Waals surface area contributed by atoms with Gasteiger partial charge in [-0.2, -0.15) is 0 Å². The number of nitrogens with two attached hydrogens (primary N) is 1. The van der Waals surface area contributed by atoms with Gasteiger partial charge in [-0.25, -0.2) is 28.1 Å². The molecule has 13 heteroatoms. The van der Waals surface area contributed by atoms with Crippen molar-refractivity contribution >= 4 is 46.9 Å². The number of hydrogen-bond donors (Lipinski definition) is 2. The lowest BCUT2D eigenvalue weighted by Gasteiger charge is -2.34. The van der Waals surface area contributed by atoms with Crippen LogP contribution < -0.4 is 16.0 Å². The molecule has 3 N–H and O–H groups in total. The van der Waals surface area contributed by atoms with E-state index in [9.17, 15) is 18.0 Å². The normalized spacial score (nSPS) is 20.8. The van der Waals surface area contributed by atoms with E-state index >= 15 is 0 Å². The molecular weight excluding hydrogens is 515 g/mol. The largest absolute Gasteiger partial charge is 0.379 e. The number of rotatable bonds is 5. The summed E-state index contributed by atoms with van der Waals surface area (Å²) in [4.78, 5) is 31.2. The van der Waals surface area contributed by atoms with Crippen LogP contribution in [0.1, 0.15) is 11.3 Å². The Labute approximate surface area is 215 Å². The molecule has 5 rings (SSSR count). The monoisotopic (exact) mass is 535 g/mol. The first-order valence-electron chi connectivity index (χ1n) is 10.7. The number of pyridine rings is 1. The standard InChI is InChI=1S/C23H20F3N7OS.ClH/c24-15-5-18(26)19(28-7-15)6-20(34)31-17-3-1-2-13(4-17)23-12-33(22-29-8-16(25)9-30-22)10-14(23)11-35-21(27)32-23;/h1-5,7-9,14H,6,10-12H2,(H2,27,32)(H,31,34);1H/t14-,23+;/m0./s1. The van der Waals surface area contributed by atoms with Crippen LogP contribution in [0.25, 0.3) is 0 Å². The van der Waals surface area contributed by atoms with E-state index in [4.69, 9.17) is 10.7 Å². The third-order valence-electron chi connectivity index (χ3n) is 6.04. The molecule has 3 aromatic rings. The molecule has 2 aromatic heterocycles. The number of aliphatic imine (C=N–C) groups is 1. The van der Waals surface area contributed by atoms with Gasteiger partial charge in [-0.1, -0.05) is 23.9 Å². The van der Waals surface area contributed by atoms with Crippen molar-refractivity contribution in [1.29, 1.82) is 0 Å². The molecule has 2 aliphatic rings. The minimum absolute atomic E-state index is 0. The quantitative estimate of drug-likeness (QED) is 0.516. The molecule has 0 spiro atoms. The maximum Gasteiger partial charge on any atom is 0.230 e. The zero-order valence-corrected chi connectivity index (χ0v) is 20.3. The average molecular weight is 536 g/mol. The predicted molar refractivity (Wildman–Crippen MR) is 134 cm³/mol. The third-order valence-corrected chi connectivity index (χ3v) is 6.99. The highest BCUT2D eigenvalue weighted by Crippen LogP contribution is 2.46. The maximum absolute atomic E-state index is 13.9. The van der Waals surface area contributed by atoms with Gasteiger partial charge in [0.2, 0.25) is 11.9 Å². The Morgan fingerprint density at radius 1 is 1.14 bits per heavy atom. The van der Waals surface area contributed by atoms with Crippen LogP contribution >= 0.6 is 24.2 Å². The molecule has 0 aliphatic carbocycles. The second-order valence-electron chi connectivity index (χ2n) is 8.35. The average Bonchev–Trinajstić information content (AvgIpc) is 3.21. The Morgan fingerprint density at radius 2 is 1.89 bits per heavy atom. The van der Waals surface area contributed by atoms with E-state index in [0.29, 0.717) is 36.0 Å². The number of thioether (sulfide) groups is 1. The minimum atomic E-state index is -0.880. The minimum Gasteiger partial charge on any atom is -0.379 e. The molecule has 4 heterocycles. The van der Waals surface area contributed by atoms with E-state index in [2.05, 4.69) is 20.3 Å². The van der Waals surface area contributed by atoms with Gasteiger partial charge in [0.25, 0.3) is 0 Å². The molecule has 1 fully saturated rings. The summed E-state index contributed by atoms with van der Waals surface area (Å²) in [6.07, 6.45) is 2.77. The van der Waals surface area contributed by atoms with Gasteiger partial charge >= 0.3 is 0 Å². The Hall–Kier alpha value is -3.38. The van der Waals surface area contributed by atoms with Gasteiger partial charge < -0.3 is 16.0 Å². The summed E-state index contributed by atoms with van der Waals surface area (Å²) in [6, 6.07) is 7.91. The fourth-order valence-corrected chi connectivity index (χ4v) is 5.42. The zero-order valence-electron chi connectivity index (χ0n) is 18.7. The van der Waals surface area contributed by atoms with E-state index in [-0.39, 0.29) is 30.4 Å². The molecule has 36 heavy (non-hydrogen) atoms.